The lowest BCUT2D eigenvalue weighted by Gasteiger charge is -1.94. The lowest BCUT2D eigenvalue weighted by atomic mass is 10.5. The van der Waals surface area contributed by atoms with Crippen LogP contribution in [0.3, 0.4) is 0 Å². The summed E-state index contributed by atoms with van der Waals surface area (Å²) in [6.45, 7) is 1.59. The van der Waals surface area contributed by atoms with E-state index in [0.29, 0.717) is 19.8 Å². The first-order chi connectivity index (χ1) is 6.33. The van der Waals surface area contributed by atoms with Crippen LogP contribution in [-0.4, -0.2) is 62.1 Å². The van der Waals surface area contributed by atoms with Gasteiger partial charge in [-0.25, -0.2) is 0 Å². The minimum atomic E-state index is 0.0278. The van der Waals surface area contributed by atoms with E-state index in [2.05, 4.69) is 9.47 Å². The van der Waals surface area contributed by atoms with Crippen LogP contribution in [0.1, 0.15) is 6.42 Å². The normalized spacial score (nSPS) is 9.23. The zero-order chi connectivity index (χ0) is 10.4. The second-order valence-electron chi connectivity index (χ2n) is 2.13. The lowest BCUT2D eigenvalue weighted by molar-refractivity contribution is 0.0650. The van der Waals surface area contributed by atoms with Crippen LogP contribution in [0.5, 0.6) is 0 Å². The molecule has 0 aliphatic heterocycles. The van der Waals surface area contributed by atoms with E-state index in [-0.39, 0.29) is 19.8 Å². The van der Waals surface area contributed by atoms with E-state index in [4.69, 9.17) is 15.3 Å². The molecule has 3 N–H and O–H groups in total. The van der Waals surface area contributed by atoms with Crippen molar-refractivity contribution in [2.45, 2.75) is 6.42 Å². The fourth-order valence-corrected chi connectivity index (χ4v) is 0.440. The molecule has 0 heterocycles. The van der Waals surface area contributed by atoms with Crippen LogP contribution in [-0.2, 0) is 9.47 Å². The molecular weight excluding hydrogens is 176 g/mol. The lowest BCUT2D eigenvalue weighted by Crippen LogP contribution is -2.03. The van der Waals surface area contributed by atoms with Gasteiger partial charge in [-0.3, -0.25) is 0 Å². The van der Waals surface area contributed by atoms with Gasteiger partial charge < -0.3 is 24.8 Å². The van der Waals surface area contributed by atoms with Crippen molar-refractivity contribution < 1.29 is 24.8 Å². The van der Waals surface area contributed by atoms with Gasteiger partial charge in [0.1, 0.15) is 0 Å². The SMILES string of the molecule is COCCCO.OCCOCCO. The summed E-state index contributed by atoms with van der Waals surface area (Å²) in [6, 6.07) is 0. The van der Waals surface area contributed by atoms with Crippen LogP contribution in [0, 0.1) is 0 Å². The van der Waals surface area contributed by atoms with Crippen LogP contribution in [0.4, 0.5) is 0 Å². The van der Waals surface area contributed by atoms with E-state index >= 15 is 0 Å². The van der Waals surface area contributed by atoms with E-state index in [1.54, 1.807) is 7.11 Å². The maximum atomic E-state index is 8.12. The summed E-state index contributed by atoms with van der Waals surface area (Å²) in [5.74, 6) is 0. The molecule has 0 saturated heterocycles. The summed E-state index contributed by atoms with van der Waals surface area (Å²) in [5.41, 5.74) is 0. The van der Waals surface area contributed by atoms with E-state index < -0.39 is 0 Å². The predicted molar refractivity (Wildman–Crippen MR) is 48.6 cm³/mol. The summed E-state index contributed by atoms with van der Waals surface area (Å²) in [6.07, 6.45) is 0.747. The van der Waals surface area contributed by atoms with Gasteiger partial charge in [-0.1, -0.05) is 0 Å². The Morgan fingerprint density at radius 1 is 0.846 bits per heavy atom. The molecule has 82 valence electrons. The highest BCUT2D eigenvalue weighted by molar-refractivity contribution is 4.25. The number of rotatable bonds is 7. The van der Waals surface area contributed by atoms with E-state index in [0.717, 1.165) is 6.42 Å². The van der Waals surface area contributed by atoms with Gasteiger partial charge in [0.2, 0.25) is 0 Å². The Labute approximate surface area is 78.9 Å². The zero-order valence-corrected chi connectivity index (χ0v) is 8.11. The van der Waals surface area contributed by atoms with Gasteiger partial charge in [-0.15, -0.1) is 0 Å². The summed E-state index contributed by atoms with van der Waals surface area (Å²) in [5, 5.41) is 24.3. The van der Waals surface area contributed by atoms with E-state index in [1.165, 1.54) is 0 Å². The van der Waals surface area contributed by atoms with Crippen molar-refractivity contribution in [2.75, 3.05) is 46.8 Å². The monoisotopic (exact) mass is 196 g/mol. The Bertz CT molecular complexity index is 61.6. The highest BCUT2D eigenvalue weighted by Crippen LogP contribution is 1.73. The second kappa shape index (κ2) is 17.8. The third-order valence-corrected chi connectivity index (χ3v) is 0.978. The molecule has 0 atom stereocenters. The fourth-order valence-electron chi connectivity index (χ4n) is 0.440. The molecule has 0 spiro atoms. The van der Waals surface area contributed by atoms with Crippen molar-refractivity contribution >= 4 is 0 Å². The van der Waals surface area contributed by atoms with Crippen LogP contribution < -0.4 is 0 Å². The molecule has 0 aromatic rings. The van der Waals surface area contributed by atoms with Gasteiger partial charge in [0, 0.05) is 20.3 Å². The predicted octanol–water partition coefficient (Wildman–Crippen LogP) is -0.997. The van der Waals surface area contributed by atoms with Crippen LogP contribution >= 0.6 is 0 Å². The molecule has 0 saturated carbocycles. The molecule has 0 unspecified atom stereocenters. The molecule has 0 rings (SSSR count). The first kappa shape index (κ1) is 15.3. The molecule has 0 aliphatic carbocycles. The standard InChI is InChI=1S/C4H10O3.C4H10O2/c5-1-3-7-4-2-6;1-6-4-2-3-5/h5-6H,1-4H2;5H,2-4H2,1H3. The van der Waals surface area contributed by atoms with Gasteiger partial charge in [0.05, 0.1) is 26.4 Å². The molecule has 5 nitrogen and oxygen atoms in total. The minimum absolute atomic E-state index is 0.0278. The van der Waals surface area contributed by atoms with Crippen LogP contribution in [0.25, 0.3) is 0 Å². The van der Waals surface area contributed by atoms with E-state index in [9.17, 15) is 0 Å². The Hall–Kier alpha value is -0.200. The molecular formula is C8H20O5. The molecule has 0 aromatic carbocycles. The van der Waals surface area contributed by atoms with Gasteiger partial charge in [-0.05, 0) is 6.42 Å². The number of aliphatic hydroxyl groups excluding tert-OH is 3. The number of ether oxygens (including phenoxy) is 2. The molecule has 0 aliphatic rings. The molecule has 0 fully saturated rings. The Balaban J connectivity index is 0. The summed E-state index contributed by atoms with van der Waals surface area (Å²) >= 11 is 0. The van der Waals surface area contributed by atoms with Crippen molar-refractivity contribution in [3.63, 3.8) is 0 Å². The molecule has 0 aromatic heterocycles. The van der Waals surface area contributed by atoms with Crippen molar-refractivity contribution in [2.24, 2.45) is 0 Å². The maximum Gasteiger partial charge on any atom is 0.0698 e. The number of aliphatic hydroxyl groups is 3. The number of hydrogen-bond donors (Lipinski definition) is 3. The van der Waals surface area contributed by atoms with Gasteiger partial charge in [0.25, 0.3) is 0 Å². The van der Waals surface area contributed by atoms with Crippen LogP contribution in [0.15, 0.2) is 0 Å². The quantitative estimate of drug-likeness (QED) is 0.455. The van der Waals surface area contributed by atoms with Crippen molar-refractivity contribution in [3.05, 3.63) is 0 Å². The smallest absolute Gasteiger partial charge is 0.0698 e. The third kappa shape index (κ3) is 24.5. The van der Waals surface area contributed by atoms with Gasteiger partial charge in [0.15, 0.2) is 0 Å². The van der Waals surface area contributed by atoms with Gasteiger partial charge in [-0.2, -0.15) is 0 Å². The average Bonchev–Trinajstić information content (AvgIpc) is 2.17. The van der Waals surface area contributed by atoms with Crippen molar-refractivity contribution in [3.8, 4) is 0 Å². The van der Waals surface area contributed by atoms with Crippen LogP contribution in [0.2, 0.25) is 0 Å². The first-order valence-electron chi connectivity index (χ1n) is 4.22. The number of methoxy groups -OCH3 is 1. The highest BCUT2D eigenvalue weighted by Gasteiger charge is 1.79. The topological polar surface area (TPSA) is 79.2 Å². The van der Waals surface area contributed by atoms with Crippen molar-refractivity contribution in [1.29, 1.82) is 0 Å². The van der Waals surface area contributed by atoms with E-state index in [1.807, 2.05) is 0 Å². The molecule has 0 bridgehead atoms. The molecule has 13 heavy (non-hydrogen) atoms. The highest BCUT2D eigenvalue weighted by atomic mass is 16.5. The molecule has 5 heteroatoms. The molecule has 0 amide bonds. The first-order valence-corrected chi connectivity index (χ1v) is 4.22. The minimum Gasteiger partial charge on any atom is -0.396 e. The largest absolute Gasteiger partial charge is 0.396 e. The Morgan fingerprint density at radius 3 is 1.62 bits per heavy atom. The second-order valence-corrected chi connectivity index (χ2v) is 2.13. The molecule has 0 radical (unpaired) electrons. The number of hydrogen-bond acceptors (Lipinski definition) is 5. The third-order valence-electron chi connectivity index (χ3n) is 0.978. The zero-order valence-electron chi connectivity index (χ0n) is 8.11. The van der Waals surface area contributed by atoms with Gasteiger partial charge >= 0.3 is 0 Å². The summed E-state index contributed by atoms with van der Waals surface area (Å²) < 4.78 is 9.25. The summed E-state index contributed by atoms with van der Waals surface area (Å²) in [4.78, 5) is 0. The Kier molecular flexibility index (Phi) is 20.9. The Morgan fingerprint density at radius 2 is 1.38 bits per heavy atom. The fraction of sp³-hybridized carbons (Fsp3) is 1.00. The van der Waals surface area contributed by atoms with Crippen molar-refractivity contribution in [1.82, 2.24) is 0 Å². The average molecular weight is 196 g/mol. The summed E-state index contributed by atoms with van der Waals surface area (Å²) in [7, 11) is 1.62. The maximum absolute atomic E-state index is 8.12.